The number of hydrogen-bond acceptors (Lipinski definition) is 3. The largest absolute Gasteiger partial charge is 0.294 e. The molecule has 0 atom stereocenters. The number of nitrogens with zero attached hydrogens (tertiary/aromatic N) is 4. The molecular formula is C16H18N4O. The Morgan fingerprint density at radius 3 is 2.48 bits per heavy atom. The van der Waals surface area contributed by atoms with Gasteiger partial charge >= 0.3 is 0 Å². The molecule has 21 heavy (non-hydrogen) atoms. The summed E-state index contributed by atoms with van der Waals surface area (Å²) in [6, 6.07) is 7.97. The molecule has 108 valence electrons. The van der Waals surface area contributed by atoms with Gasteiger partial charge in [0.25, 0.3) is 0 Å². The molecule has 5 heteroatoms. The molecule has 0 saturated heterocycles. The van der Waals surface area contributed by atoms with Gasteiger partial charge in [0, 0.05) is 25.2 Å². The predicted octanol–water partition coefficient (Wildman–Crippen LogP) is 2.35. The highest BCUT2D eigenvalue weighted by Gasteiger charge is 2.20. The van der Waals surface area contributed by atoms with E-state index in [9.17, 15) is 4.79 Å². The molecule has 0 saturated carbocycles. The average Bonchev–Trinajstić information content (AvgIpc) is 2.89. The van der Waals surface area contributed by atoms with Crippen LogP contribution in [0.5, 0.6) is 0 Å². The summed E-state index contributed by atoms with van der Waals surface area (Å²) in [4.78, 5) is 12.6. The van der Waals surface area contributed by atoms with Gasteiger partial charge in [-0.1, -0.05) is 18.2 Å². The lowest BCUT2D eigenvalue weighted by Gasteiger charge is -2.00. The molecular weight excluding hydrogens is 264 g/mol. The Morgan fingerprint density at radius 2 is 1.81 bits per heavy atom. The fraction of sp³-hybridized carbons (Fsp3) is 0.312. The van der Waals surface area contributed by atoms with Gasteiger partial charge in [0.15, 0.2) is 5.78 Å². The van der Waals surface area contributed by atoms with Crippen molar-refractivity contribution in [1.82, 2.24) is 19.6 Å². The molecule has 0 aliphatic heterocycles. The van der Waals surface area contributed by atoms with E-state index in [2.05, 4.69) is 10.2 Å². The summed E-state index contributed by atoms with van der Waals surface area (Å²) in [6.07, 6.45) is 0.300. The van der Waals surface area contributed by atoms with E-state index in [1.165, 1.54) is 0 Å². The molecule has 0 N–H and O–H groups in total. The van der Waals surface area contributed by atoms with E-state index in [0.29, 0.717) is 12.0 Å². The number of carbonyl (C=O) groups is 1. The van der Waals surface area contributed by atoms with Crippen molar-refractivity contribution in [1.29, 1.82) is 0 Å². The van der Waals surface area contributed by atoms with E-state index < -0.39 is 0 Å². The normalized spacial score (nSPS) is 11.2. The van der Waals surface area contributed by atoms with Crippen molar-refractivity contribution in [3.63, 3.8) is 0 Å². The summed E-state index contributed by atoms with van der Waals surface area (Å²) in [5.41, 5.74) is 4.26. The minimum Gasteiger partial charge on any atom is -0.294 e. The Balaban J connectivity index is 2.01. The van der Waals surface area contributed by atoms with E-state index >= 15 is 0 Å². The van der Waals surface area contributed by atoms with E-state index in [-0.39, 0.29) is 5.78 Å². The van der Waals surface area contributed by atoms with E-state index in [1.54, 1.807) is 4.68 Å². The molecule has 0 aliphatic carbocycles. The molecule has 2 aromatic heterocycles. The monoisotopic (exact) mass is 282 g/mol. The van der Waals surface area contributed by atoms with Crippen LogP contribution in [0.4, 0.5) is 0 Å². The van der Waals surface area contributed by atoms with Crippen molar-refractivity contribution in [2.75, 3.05) is 0 Å². The van der Waals surface area contributed by atoms with Gasteiger partial charge in [-0.3, -0.25) is 14.2 Å². The minimum atomic E-state index is 0.0713. The number of aromatic nitrogens is 4. The number of fused-ring (bicyclic) bond motifs is 1. The molecule has 0 spiro atoms. The van der Waals surface area contributed by atoms with Gasteiger partial charge < -0.3 is 0 Å². The Labute approximate surface area is 123 Å². The van der Waals surface area contributed by atoms with Crippen LogP contribution < -0.4 is 0 Å². The first kappa shape index (κ1) is 13.5. The Bertz CT molecular complexity index is 841. The van der Waals surface area contributed by atoms with Crippen LogP contribution in [-0.2, 0) is 20.5 Å². The molecule has 0 radical (unpaired) electrons. The third-order valence-electron chi connectivity index (χ3n) is 3.95. The van der Waals surface area contributed by atoms with Crippen molar-refractivity contribution in [2.24, 2.45) is 14.1 Å². The maximum absolute atomic E-state index is 12.6. The van der Waals surface area contributed by atoms with Crippen LogP contribution >= 0.6 is 0 Å². The van der Waals surface area contributed by atoms with E-state index in [1.807, 2.05) is 56.9 Å². The highest BCUT2D eigenvalue weighted by atomic mass is 16.1. The third-order valence-corrected chi connectivity index (χ3v) is 3.95. The van der Waals surface area contributed by atoms with Crippen LogP contribution in [0.25, 0.3) is 10.9 Å². The number of rotatable bonds is 3. The van der Waals surface area contributed by atoms with Crippen molar-refractivity contribution >= 4 is 16.7 Å². The zero-order chi connectivity index (χ0) is 15.1. The first-order valence-electron chi connectivity index (χ1n) is 6.93. The van der Waals surface area contributed by atoms with Crippen LogP contribution in [0.3, 0.4) is 0 Å². The van der Waals surface area contributed by atoms with Crippen molar-refractivity contribution in [3.05, 3.63) is 46.9 Å². The molecule has 0 amide bonds. The fourth-order valence-electron chi connectivity index (χ4n) is 2.84. The standard InChI is InChI=1S/C16H18N4O/c1-10-16(11(2)19(3)17-10)15(21)9-13-12-7-5-6-8-14(12)20(4)18-13/h5-8H,9H2,1-4H3. The fourth-order valence-corrected chi connectivity index (χ4v) is 2.84. The smallest absolute Gasteiger partial charge is 0.172 e. The molecule has 3 rings (SSSR count). The van der Waals surface area contributed by atoms with Crippen LogP contribution in [0, 0.1) is 13.8 Å². The predicted molar refractivity (Wildman–Crippen MR) is 81.4 cm³/mol. The summed E-state index contributed by atoms with van der Waals surface area (Å²) in [5.74, 6) is 0.0713. The maximum Gasteiger partial charge on any atom is 0.172 e. The number of aryl methyl sites for hydroxylation is 3. The van der Waals surface area contributed by atoms with Crippen molar-refractivity contribution < 1.29 is 4.79 Å². The van der Waals surface area contributed by atoms with Crippen molar-refractivity contribution in [2.45, 2.75) is 20.3 Å². The van der Waals surface area contributed by atoms with Gasteiger partial charge in [0.2, 0.25) is 0 Å². The molecule has 0 fully saturated rings. The number of hydrogen-bond donors (Lipinski definition) is 0. The zero-order valence-electron chi connectivity index (χ0n) is 12.7. The van der Waals surface area contributed by atoms with Gasteiger partial charge in [-0.05, 0) is 19.9 Å². The van der Waals surface area contributed by atoms with Crippen LogP contribution in [0.1, 0.15) is 27.4 Å². The van der Waals surface area contributed by atoms with Gasteiger partial charge in [0.05, 0.1) is 28.9 Å². The van der Waals surface area contributed by atoms with Crippen LogP contribution in [0.2, 0.25) is 0 Å². The third kappa shape index (κ3) is 2.14. The second-order valence-electron chi connectivity index (χ2n) is 5.36. The molecule has 0 aliphatic rings. The first-order valence-corrected chi connectivity index (χ1v) is 6.93. The summed E-state index contributed by atoms with van der Waals surface area (Å²) < 4.78 is 3.57. The van der Waals surface area contributed by atoms with Gasteiger partial charge in [-0.25, -0.2) is 0 Å². The van der Waals surface area contributed by atoms with Crippen molar-refractivity contribution in [3.8, 4) is 0 Å². The molecule has 0 bridgehead atoms. The van der Waals surface area contributed by atoms with Gasteiger partial charge in [-0.15, -0.1) is 0 Å². The van der Waals surface area contributed by atoms with E-state index in [0.717, 1.165) is 28.0 Å². The summed E-state index contributed by atoms with van der Waals surface area (Å²) in [5, 5.41) is 9.84. The zero-order valence-corrected chi connectivity index (χ0v) is 12.7. The summed E-state index contributed by atoms with van der Waals surface area (Å²) in [7, 11) is 3.76. The van der Waals surface area contributed by atoms with Crippen LogP contribution in [-0.4, -0.2) is 25.3 Å². The lowest BCUT2D eigenvalue weighted by atomic mass is 10.0. The molecule has 0 unspecified atom stereocenters. The quantitative estimate of drug-likeness (QED) is 0.693. The SMILES string of the molecule is Cc1nn(C)c(C)c1C(=O)Cc1nn(C)c2ccccc12. The summed E-state index contributed by atoms with van der Waals surface area (Å²) in [6.45, 7) is 3.79. The van der Waals surface area contributed by atoms with Gasteiger partial charge in [-0.2, -0.15) is 10.2 Å². The highest BCUT2D eigenvalue weighted by molar-refractivity contribution is 6.01. The topological polar surface area (TPSA) is 52.7 Å². The summed E-state index contributed by atoms with van der Waals surface area (Å²) >= 11 is 0. The molecule has 2 heterocycles. The van der Waals surface area contributed by atoms with Gasteiger partial charge in [0.1, 0.15) is 0 Å². The molecule has 3 aromatic rings. The Morgan fingerprint density at radius 1 is 1.10 bits per heavy atom. The number of para-hydroxylation sites is 1. The number of benzene rings is 1. The number of Topliss-reactive ketones (excluding diaryl/α,β-unsaturated/α-hetero) is 1. The Kier molecular flexibility index (Phi) is 3.12. The Hall–Kier alpha value is -2.43. The average molecular weight is 282 g/mol. The van der Waals surface area contributed by atoms with E-state index in [4.69, 9.17) is 0 Å². The van der Waals surface area contributed by atoms with Crippen LogP contribution in [0.15, 0.2) is 24.3 Å². The lowest BCUT2D eigenvalue weighted by molar-refractivity contribution is 0.0991. The number of carbonyl (C=O) groups excluding carboxylic acids is 1. The minimum absolute atomic E-state index is 0.0713. The maximum atomic E-state index is 12.6. The molecule has 1 aromatic carbocycles. The number of ketones is 1. The first-order chi connectivity index (χ1) is 9.99. The second-order valence-corrected chi connectivity index (χ2v) is 5.36. The molecule has 5 nitrogen and oxygen atoms in total. The highest BCUT2D eigenvalue weighted by Crippen LogP contribution is 2.21. The second kappa shape index (κ2) is 4.84. The lowest BCUT2D eigenvalue weighted by Crippen LogP contribution is -2.07.